The second-order valence-electron chi connectivity index (χ2n) is 6.44. The van der Waals surface area contributed by atoms with Gasteiger partial charge in [0.05, 0.1) is 18.0 Å². The van der Waals surface area contributed by atoms with E-state index in [2.05, 4.69) is 40.4 Å². The number of H-pyrrole nitrogens is 1. The number of hydrogen-bond acceptors (Lipinski definition) is 3. The van der Waals surface area contributed by atoms with Crippen molar-refractivity contribution < 1.29 is 9.53 Å². The molecular weight excluding hydrogens is 326 g/mol. The Balaban J connectivity index is 1.79. The lowest BCUT2D eigenvalue weighted by Crippen LogP contribution is -2.26. The van der Waals surface area contributed by atoms with Crippen LogP contribution in [-0.2, 0) is 16.0 Å². The molecular formula is C21H25N3O2. The first kappa shape index (κ1) is 18.1. The number of ether oxygens (including phenoxy) is 1. The summed E-state index contributed by atoms with van der Waals surface area (Å²) in [6.07, 6.45) is 3.93. The molecule has 136 valence electrons. The van der Waals surface area contributed by atoms with Crippen molar-refractivity contribution >= 4 is 16.8 Å². The number of fused-ring (bicyclic) bond motifs is 1. The smallest absolute Gasteiger partial charge is 0.220 e. The third kappa shape index (κ3) is 4.29. The van der Waals surface area contributed by atoms with Gasteiger partial charge in [0.25, 0.3) is 0 Å². The standard InChI is InChI=1S/C21H25N3O2/c1-15-9-10-18-17(14-15)16(6-5-8-20(25)23-12-13-26-2)21(24-18)19-7-3-4-11-22-19/h3-4,7,9-11,14,24H,5-6,8,12-13H2,1-2H3,(H,23,25). The molecule has 26 heavy (non-hydrogen) atoms. The van der Waals surface area contributed by atoms with E-state index in [1.165, 1.54) is 16.5 Å². The molecule has 5 nitrogen and oxygen atoms in total. The number of aromatic nitrogens is 2. The van der Waals surface area contributed by atoms with Gasteiger partial charge in [-0.25, -0.2) is 0 Å². The lowest BCUT2D eigenvalue weighted by atomic mass is 10.0. The summed E-state index contributed by atoms with van der Waals surface area (Å²) in [5.41, 5.74) is 5.54. The van der Waals surface area contributed by atoms with E-state index < -0.39 is 0 Å². The van der Waals surface area contributed by atoms with Gasteiger partial charge >= 0.3 is 0 Å². The van der Waals surface area contributed by atoms with Crippen molar-refractivity contribution in [1.29, 1.82) is 0 Å². The summed E-state index contributed by atoms with van der Waals surface area (Å²) in [4.78, 5) is 19.9. The molecule has 0 aliphatic carbocycles. The van der Waals surface area contributed by atoms with Crippen LogP contribution < -0.4 is 5.32 Å². The fraction of sp³-hybridized carbons (Fsp3) is 0.333. The number of nitrogens with one attached hydrogen (secondary N) is 2. The number of carbonyl (C=O) groups is 1. The molecule has 0 atom stereocenters. The fourth-order valence-corrected chi connectivity index (χ4v) is 3.16. The van der Waals surface area contributed by atoms with E-state index in [9.17, 15) is 4.79 Å². The summed E-state index contributed by atoms with van der Waals surface area (Å²) in [5.74, 6) is 0.0671. The van der Waals surface area contributed by atoms with Gasteiger partial charge in [0, 0.05) is 37.2 Å². The molecule has 0 radical (unpaired) electrons. The molecule has 1 aromatic carbocycles. The topological polar surface area (TPSA) is 67.0 Å². The van der Waals surface area contributed by atoms with E-state index in [1.807, 2.05) is 18.2 Å². The molecule has 0 saturated carbocycles. The minimum absolute atomic E-state index is 0.0671. The number of rotatable bonds is 8. The van der Waals surface area contributed by atoms with Crippen LogP contribution >= 0.6 is 0 Å². The van der Waals surface area contributed by atoms with E-state index in [4.69, 9.17) is 4.74 Å². The molecule has 0 aliphatic rings. The maximum atomic E-state index is 11.9. The third-order valence-electron chi connectivity index (χ3n) is 4.44. The summed E-state index contributed by atoms with van der Waals surface area (Å²) in [6.45, 7) is 3.19. The molecule has 2 heterocycles. The highest BCUT2D eigenvalue weighted by atomic mass is 16.5. The average molecular weight is 351 g/mol. The van der Waals surface area contributed by atoms with Gasteiger partial charge in [0.2, 0.25) is 5.91 Å². The van der Waals surface area contributed by atoms with Gasteiger partial charge in [-0.05, 0) is 49.6 Å². The minimum Gasteiger partial charge on any atom is -0.383 e. The summed E-state index contributed by atoms with van der Waals surface area (Å²) < 4.78 is 4.95. The van der Waals surface area contributed by atoms with E-state index in [0.29, 0.717) is 19.6 Å². The maximum absolute atomic E-state index is 11.9. The molecule has 0 spiro atoms. The van der Waals surface area contributed by atoms with Crippen LogP contribution in [-0.4, -0.2) is 36.1 Å². The highest BCUT2D eigenvalue weighted by molar-refractivity contribution is 5.90. The van der Waals surface area contributed by atoms with Crippen molar-refractivity contribution in [1.82, 2.24) is 15.3 Å². The van der Waals surface area contributed by atoms with Crippen LogP contribution in [0.3, 0.4) is 0 Å². The Morgan fingerprint density at radius 3 is 2.92 bits per heavy atom. The van der Waals surface area contributed by atoms with Crippen LogP contribution in [0.4, 0.5) is 0 Å². The monoisotopic (exact) mass is 351 g/mol. The lowest BCUT2D eigenvalue weighted by Gasteiger charge is -2.06. The van der Waals surface area contributed by atoms with Crippen LogP contribution in [0.25, 0.3) is 22.3 Å². The number of amides is 1. The Hall–Kier alpha value is -2.66. The first-order valence-electron chi connectivity index (χ1n) is 8.97. The van der Waals surface area contributed by atoms with Gasteiger partial charge in [0.15, 0.2) is 0 Å². The number of hydrogen-bond donors (Lipinski definition) is 2. The van der Waals surface area contributed by atoms with Crippen LogP contribution in [0, 0.1) is 6.92 Å². The molecule has 3 rings (SSSR count). The number of aromatic amines is 1. The summed E-state index contributed by atoms with van der Waals surface area (Å²) >= 11 is 0. The normalized spacial score (nSPS) is 11.0. The third-order valence-corrected chi connectivity index (χ3v) is 4.44. The molecule has 2 aromatic heterocycles. The molecule has 0 fully saturated rings. The number of pyridine rings is 1. The quantitative estimate of drug-likeness (QED) is 0.609. The number of nitrogens with zero attached hydrogens (tertiary/aromatic N) is 1. The second kappa shape index (κ2) is 8.63. The SMILES string of the molecule is COCCNC(=O)CCCc1c(-c2ccccn2)[nH]c2ccc(C)cc12. The molecule has 0 unspecified atom stereocenters. The van der Waals surface area contributed by atoms with Gasteiger partial charge < -0.3 is 15.0 Å². The number of aryl methyl sites for hydroxylation is 2. The van der Waals surface area contributed by atoms with Crippen LogP contribution in [0.5, 0.6) is 0 Å². The highest BCUT2D eigenvalue weighted by Gasteiger charge is 2.14. The number of carbonyl (C=O) groups excluding carboxylic acids is 1. The zero-order chi connectivity index (χ0) is 18.4. The first-order valence-corrected chi connectivity index (χ1v) is 8.97. The first-order chi connectivity index (χ1) is 12.7. The van der Waals surface area contributed by atoms with E-state index >= 15 is 0 Å². The zero-order valence-electron chi connectivity index (χ0n) is 15.3. The average Bonchev–Trinajstić information content (AvgIpc) is 3.01. The molecule has 0 saturated heterocycles. The van der Waals surface area contributed by atoms with Gasteiger partial charge in [0.1, 0.15) is 0 Å². The van der Waals surface area contributed by atoms with Crippen LogP contribution in [0.2, 0.25) is 0 Å². The van der Waals surface area contributed by atoms with Gasteiger partial charge in [-0.1, -0.05) is 17.7 Å². The van der Waals surface area contributed by atoms with Gasteiger partial charge in [-0.15, -0.1) is 0 Å². The summed E-state index contributed by atoms with van der Waals surface area (Å²) in [6, 6.07) is 12.3. The molecule has 0 aliphatic heterocycles. The van der Waals surface area contributed by atoms with Crippen molar-refractivity contribution in [2.45, 2.75) is 26.2 Å². The molecule has 2 N–H and O–H groups in total. The highest BCUT2D eigenvalue weighted by Crippen LogP contribution is 2.31. The number of benzene rings is 1. The molecule has 5 heteroatoms. The lowest BCUT2D eigenvalue weighted by molar-refractivity contribution is -0.121. The summed E-state index contributed by atoms with van der Waals surface area (Å²) in [5, 5.41) is 4.09. The second-order valence-corrected chi connectivity index (χ2v) is 6.44. The van der Waals surface area contributed by atoms with Crippen LogP contribution in [0.1, 0.15) is 24.0 Å². The predicted octanol–water partition coefficient (Wildman–Crippen LogP) is 3.62. The van der Waals surface area contributed by atoms with Crippen molar-refractivity contribution in [2.24, 2.45) is 0 Å². The minimum atomic E-state index is 0.0671. The van der Waals surface area contributed by atoms with Crippen molar-refractivity contribution in [2.75, 3.05) is 20.3 Å². The molecule has 1 amide bonds. The predicted molar refractivity (Wildman–Crippen MR) is 104 cm³/mol. The van der Waals surface area contributed by atoms with Gasteiger partial charge in [-0.2, -0.15) is 0 Å². The van der Waals surface area contributed by atoms with Gasteiger partial charge in [-0.3, -0.25) is 9.78 Å². The Morgan fingerprint density at radius 1 is 1.27 bits per heavy atom. The van der Waals surface area contributed by atoms with E-state index in [1.54, 1.807) is 13.3 Å². The Bertz CT molecular complexity index is 872. The molecule has 0 bridgehead atoms. The fourth-order valence-electron chi connectivity index (χ4n) is 3.16. The number of methoxy groups -OCH3 is 1. The van der Waals surface area contributed by atoms with Crippen molar-refractivity contribution in [3.05, 3.63) is 53.7 Å². The Kier molecular flexibility index (Phi) is 6.02. The Morgan fingerprint density at radius 2 is 2.15 bits per heavy atom. The van der Waals surface area contributed by atoms with E-state index in [-0.39, 0.29) is 5.91 Å². The molecule has 3 aromatic rings. The largest absolute Gasteiger partial charge is 0.383 e. The van der Waals surface area contributed by atoms with E-state index in [0.717, 1.165) is 29.7 Å². The maximum Gasteiger partial charge on any atom is 0.220 e. The Labute approximate surface area is 153 Å². The summed E-state index contributed by atoms with van der Waals surface area (Å²) in [7, 11) is 1.63. The van der Waals surface area contributed by atoms with Crippen LogP contribution in [0.15, 0.2) is 42.6 Å². The van der Waals surface area contributed by atoms with Crippen molar-refractivity contribution in [3.63, 3.8) is 0 Å². The van der Waals surface area contributed by atoms with Crippen molar-refractivity contribution in [3.8, 4) is 11.4 Å². The zero-order valence-corrected chi connectivity index (χ0v) is 15.3.